The smallest absolute Gasteiger partial charge is 0.263 e. The average molecular weight is 496 g/mol. The maximum absolute atomic E-state index is 13.7. The van der Waals surface area contributed by atoms with Crippen molar-refractivity contribution in [3.63, 3.8) is 0 Å². The van der Waals surface area contributed by atoms with Gasteiger partial charge in [-0.2, -0.15) is 0 Å². The Morgan fingerprint density at radius 3 is 2.74 bits per heavy atom. The number of thiophene rings is 1. The van der Waals surface area contributed by atoms with Crippen molar-refractivity contribution in [2.24, 2.45) is 0 Å². The molecule has 1 atom stereocenters. The van der Waals surface area contributed by atoms with Crippen LogP contribution in [0.2, 0.25) is 0 Å². The predicted molar refractivity (Wildman–Crippen MR) is 141 cm³/mol. The van der Waals surface area contributed by atoms with Crippen LogP contribution in [0.4, 0.5) is 0 Å². The van der Waals surface area contributed by atoms with Gasteiger partial charge in [-0.3, -0.25) is 14.2 Å². The number of amides is 1. The van der Waals surface area contributed by atoms with E-state index in [1.54, 1.807) is 11.3 Å². The van der Waals surface area contributed by atoms with Crippen LogP contribution in [0.25, 0.3) is 10.2 Å². The molecule has 7 heteroatoms. The molecule has 3 aromatic rings. The van der Waals surface area contributed by atoms with Crippen molar-refractivity contribution in [2.45, 2.75) is 88.4 Å². The number of aromatic nitrogens is 2. The van der Waals surface area contributed by atoms with Crippen molar-refractivity contribution < 1.29 is 4.79 Å². The van der Waals surface area contributed by atoms with Crippen LogP contribution in [-0.4, -0.2) is 27.3 Å². The largest absolute Gasteiger partial charge is 0.353 e. The van der Waals surface area contributed by atoms with E-state index in [-0.39, 0.29) is 29.3 Å². The van der Waals surface area contributed by atoms with Crippen LogP contribution in [0.3, 0.4) is 0 Å². The highest BCUT2D eigenvalue weighted by atomic mass is 32.2. The van der Waals surface area contributed by atoms with E-state index in [9.17, 15) is 9.59 Å². The quantitative estimate of drug-likeness (QED) is 0.322. The summed E-state index contributed by atoms with van der Waals surface area (Å²) in [5, 5.41) is 4.70. The van der Waals surface area contributed by atoms with Crippen LogP contribution in [0.15, 0.2) is 40.3 Å². The van der Waals surface area contributed by atoms with E-state index >= 15 is 0 Å². The standard InChI is InChI=1S/C27H33N3O2S2/c1-18(15-16-19-9-3-2-4-10-19)28-23(31)17-33-27-29-25-24(21-13-7-8-14-22(21)34-25)26(32)30(27)20-11-5-6-12-20/h2-4,9-10,18,20H,5-8,11-17H2,1H3,(H,28,31)/t18-/m1/s1. The van der Waals surface area contributed by atoms with Gasteiger partial charge in [-0.1, -0.05) is 54.9 Å². The maximum atomic E-state index is 13.7. The molecule has 180 valence electrons. The summed E-state index contributed by atoms with van der Waals surface area (Å²) < 4.78 is 1.94. The van der Waals surface area contributed by atoms with Crippen LogP contribution in [-0.2, 0) is 24.1 Å². The van der Waals surface area contributed by atoms with Gasteiger partial charge in [-0.05, 0) is 69.4 Å². The zero-order valence-corrected chi connectivity index (χ0v) is 21.5. The van der Waals surface area contributed by atoms with Gasteiger partial charge in [-0.25, -0.2) is 4.98 Å². The summed E-state index contributed by atoms with van der Waals surface area (Å²) in [5.74, 6) is 0.286. The van der Waals surface area contributed by atoms with Gasteiger partial charge in [0.1, 0.15) is 4.83 Å². The van der Waals surface area contributed by atoms with Crippen LogP contribution >= 0.6 is 23.1 Å². The van der Waals surface area contributed by atoms with Crippen molar-refractivity contribution in [3.05, 3.63) is 56.7 Å². The van der Waals surface area contributed by atoms with Gasteiger partial charge in [0.2, 0.25) is 5.91 Å². The molecule has 0 spiro atoms. The topological polar surface area (TPSA) is 64.0 Å². The Kier molecular flexibility index (Phi) is 7.40. The van der Waals surface area contributed by atoms with E-state index in [0.29, 0.717) is 0 Å². The van der Waals surface area contributed by atoms with E-state index in [0.717, 1.165) is 73.2 Å². The van der Waals surface area contributed by atoms with Crippen LogP contribution in [0, 0.1) is 0 Å². The molecule has 0 unspecified atom stereocenters. The number of thioether (sulfide) groups is 1. The Hall–Kier alpha value is -2.12. The second kappa shape index (κ2) is 10.6. The molecule has 2 aliphatic carbocycles. The summed E-state index contributed by atoms with van der Waals surface area (Å²) in [6.45, 7) is 2.06. The van der Waals surface area contributed by atoms with E-state index in [1.807, 2.05) is 22.8 Å². The van der Waals surface area contributed by atoms with Gasteiger partial charge in [0.25, 0.3) is 5.56 Å². The molecular formula is C27H33N3O2S2. The molecule has 2 heterocycles. The Morgan fingerprint density at radius 2 is 1.94 bits per heavy atom. The van der Waals surface area contributed by atoms with E-state index in [2.05, 4.69) is 24.4 Å². The number of carbonyl (C=O) groups excluding carboxylic acids is 1. The number of nitrogens with zero attached hydrogens (tertiary/aromatic N) is 2. The van der Waals surface area contributed by atoms with E-state index < -0.39 is 0 Å². The number of fused-ring (bicyclic) bond motifs is 3. The second-order valence-corrected chi connectivity index (χ2v) is 11.7. The molecule has 34 heavy (non-hydrogen) atoms. The van der Waals surface area contributed by atoms with Crippen molar-refractivity contribution in [2.75, 3.05) is 5.75 Å². The molecule has 2 aromatic heterocycles. The van der Waals surface area contributed by atoms with Crippen LogP contribution in [0.1, 0.15) is 73.9 Å². The molecule has 5 nitrogen and oxygen atoms in total. The molecule has 0 saturated heterocycles. The van der Waals surface area contributed by atoms with Gasteiger partial charge in [0.15, 0.2) is 5.16 Å². The summed E-state index contributed by atoms with van der Waals surface area (Å²) in [4.78, 5) is 33.6. The number of aryl methyl sites for hydroxylation is 3. The van der Waals surface area contributed by atoms with Gasteiger partial charge >= 0.3 is 0 Å². The number of hydrogen-bond acceptors (Lipinski definition) is 5. The fourth-order valence-corrected chi connectivity index (χ4v) is 7.51. The molecule has 5 rings (SSSR count). The van der Waals surface area contributed by atoms with Crippen molar-refractivity contribution in [1.29, 1.82) is 0 Å². The number of hydrogen-bond donors (Lipinski definition) is 1. The first-order valence-electron chi connectivity index (χ1n) is 12.6. The number of benzene rings is 1. The lowest BCUT2D eigenvalue weighted by molar-refractivity contribution is -0.119. The van der Waals surface area contributed by atoms with Gasteiger partial charge in [0.05, 0.1) is 11.1 Å². The van der Waals surface area contributed by atoms with Crippen molar-refractivity contribution in [1.82, 2.24) is 14.9 Å². The normalized spacial score (nSPS) is 17.1. The van der Waals surface area contributed by atoms with Gasteiger partial charge in [-0.15, -0.1) is 11.3 Å². The zero-order valence-electron chi connectivity index (χ0n) is 19.8. The molecular weight excluding hydrogens is 462 g/mol. The maximum Gasteiger partial charge on any atom is 0.263 e. The highest BCUT2D eigenvalue weighted by molar-refractivity contribution is 7.99. The zero-order chi connectivity index (χ0) is 23.5. The minimum absolute atomic E-state index is 0.00311. The Bertz CT molecular complexity index is 1210. The third-order valence-corrected chi connectivity index (χ3v) is 9.27. The molecule has 0 radical (unpaired) electrons. The lowest BCUT2D eigenvalue weighted by Crippen LogP contribution is -2.34. The molecule has 1 fully saturated rings. The Morgan fingerprint density at radius 1 is 1.18 bits per heavy atom. The average Bonchev–Trinajstić information content (AvgIpc) is 3.50. The highest BCUT2D eigenvalue weighted by Gasteiger charge is 2.27. The SMILES string of the molecule is C[C@H](CCc1ccccc1)NC(=O)CSc1nc2sc3c(c2c(=O)n1C1CCCC1)CCCC3. The summed E-state index contributed by atoms with van der Waals surface area (Å²) >= 11 is 3.11. The van der Waals surface area contributed by atoms with E-state index in [4.69, 9.17) is 4.98 Å². The van der Waals surface area contributed by atoms with Crippen LogP contribution in [0.5, 0.6) is 0 Å². The molecule has 1 amide bonds. The first kappa shape index (κ1) is 23.6. The minimum Gasteiger partial charge on any atom is -0.353 e. The van der Waals surface area contributed by atoms with Gasteiger partial charge in [0, 0.05) is 17.0 Å². The fraction of sp³-hybridized carbons (Fsp3) is 0.519. The number of rotatable bonds is 8. The van der Waals surface area contributed by atoms with Crippen molar-refractivity contribution >= 4 is 39.2 Å². The highest BCUT2D eigenvalue weighted by Crippen LogP contribution is 2.37. The summed E-state index contributed by atoms with van der Waals surface area (Å²) in [6.07, 6.45) is 10.6. The third kappa shape index (κ3) is 5.10. The summed E-state index contributed by atoms with van der Waals surface area (Å²) in [6, 6.07) is 10.7. The monoisotopic (exact) mass is 495 g/mol. The molecule has 1 N–H and O–H groups in total. The van der Waals surface area contributed by atoms with E-state index in [1.165, 1.54) is 34.2 Å². The molecule has 0 aliphatic heterocycles. The Balaban J connectivity index is 1.31. The minimum atomic E-state index is 0.00311. The van der Waals surface area contributed by atoms with Gasteiger partial charge < -0.3 is 5.32 Å². The lowest BCUT2D eigenvalue weighted by Gasteiger charge is -2.19. The molecule has 1 saturated carbocycles. The first-order chi connectivity index (χ1) is 16.6. The summed E-state index contributed by atoms with van der Waals surface area (Å²) in [5.41, 5.74) is 2.65. The summed E-state index contributed by atoms with van der Waals surface area (Å²) in [7, 11) is 0. The Labute approximate surface area is 209 Å². The number of nitrogens with one attached hydrogen (secondary N) is 1. The van der Waals surface area contributed by atoms with Crippen molar-refractivity contribution in [3.8, 4) is 0 Å². The fourth-order valence-electron chi connectivity index (χ4n) is 5.33. The first-order valence-corrected chi connectivity index (χ1v) is 14.4. The van der Waals surface area contributed by atoms with Crippen LogP contribution < -0.4 is 10.9 Å². The lowest BCUT2D eigenvalue weighted by atomic mass is 9.97. The number of carbonyl (C=O) groups is 1. The molecule has 1 aromatic carbocycles. The third-order valence-electron chi connectivity index (χ3n) is 7.13. The molecule has 0 bridgehead atoms. The predicted octanol–water partition coefficient (Wildman–Crippen LogP) is 5.68. The second-order valence-electron chi connectivity index (χ2n) is 9.68. The molecule has 2 aliphatic rings.